The van der Waals surface area contributed by atoms with E-state index in [1.807, 2.05) is 24.3 Å². The zero-order chi connectivity index (χ0) is 14.8. The molecule has 0 saturated carbocycles. The molecular weight excluding hydrogens is 278 g/mol. The summed E-state index contributed by atoms with van der Waals surface area (Å²) < 4.78 is 25.8. The van der Waals surface area contributed by atoms with E-state index in [9.17, 15) is 13.2 Å². The number of benzene rings is 2. The predicted octanol–water partition coefficient (Wildman–Crippen LogP) is 1.93. The molecule has 0 spiro atoms. The van der Waals surface area contributed by atoms with Crippen molar-refractivity contribution in [1.82, 2.24) is 4.31 Å². The molecule has 0 amide bonds. The molecule has 2 aromatic carbocycles. The summed E-state index contributed by atoms with van der Waals surface area (Å²) >= 11 is 0. The molecule has 2 aromatic rings. The third-order valence-corrected chi connectivity index (χ3v) is 4.94. The lowest BCUT2D eigenvalue weighted by molar-refractivity contribution is -0.137. The summed E-state index contributed by atoms with van der Waals surface area (Å²) in [5.74, 6) is -1.17. The Balaban J connectivity index is 2.47. The topological polar surface area (TPSA) is 74.7 Å². The molecule has 0 saturated heterocycles. The Kier molecular flexibility index (Phi) is 4.06. The molecule has 0 fully saturated rings. The molecule has 6 heteroatoms. The van der Waals surface area contributed by atoms with Gasteiger partial charge >= 0.3 is 5.97 Å². The molecule has 20 heavy (non-hydrogen) atoms. The molecule has 5 nitrogen and oxygen atoms in total. The van der Waals surface area contributed by atoms with Crippen LogP contribution in [-0.4, -0.2) is 36.9 Å². The fraction of sp³-hybridized carbons (Fsp3) is 0.214. The molecule has 0 atom stereocenters. The van der Waals surface area contributed by atoms with E-state index in [1.54, 1.807) is 19.1 Å². The standard InChI is InChI=1S/C14H15NO4S/c1-2-15(10-14(16)17)20(18,19)13-8-7-11-5-3-4-6-12(11)9-13/h3-9H,2,10H2,1H3,(H,16,17). The van der Waals surface area contributed by atoms with Gasteiger partial charge in [0.25, 0.3) is 0 Å². The first kappa shape index (κ1) is 14.5. The normalized spacial score (nSPS) is 11.9. The molecule has 0 radical (unpaired) electrons. The van der Waals surface area contributed by atoms with Gasteiger partial charge in [-0.3, -0.25) is 4.79 Å². The summed E-state index contributed by atoms with van der Waals surface area (Å²) in [6, 6.07) is 12.2. The van der Waals surface area contributed by atoms with Crippen LogP contribution in [0.25, 0.3) is 10.8 Å². The Morgan fingerprint density at radius 2 is 1.80 bits per heavy atom. The van der Waals surface area contributed by atoms with Crippen molar-refractivity contribution in [3.05, 3.63) is 42.5 Å². The van der Waals surface area contributed by atoms with E-state index < -0.39 is 22.5 Å². The average Bonchev–Trinajstić information content (AvgIpc) is 2.43. The lowest BCUT2D eigenvalue weighted by Crippen LogP contribution is -2.35. The summed E-state index contributed by atoms with van der Waals surface area (Å²) in [5, 5.41) is 10.5. The highest BCUT2D eigenvalue weighted by molar-refractivity contribution is 7.89. The van der Waals surface area contributed by atoms with Gasteiger partial charge in [-0.05, 0) is 22.9 Å². The minimum absolute atomic E-state index is 0.110. The van der Waals surface area contributed by atoms with Crippen molar-refractivity contribution in [1.29, 1.82) is 0 Å². The van der Waals surface area contributed by atoms with Crippen LogP contribution < -0.4 is 0 Å². The van der Waals surface area contributed by atoms with E-state index in [-0.39, 0.29) is 11.4 Å². The number of carboxylic acid groups (broad SMARTS) is 1. The van der Waals surface area contributed by atoms with Crippen molar-refractivity contribution in [3.63, 3.8) is 0 Å². The monoisotopic (exact) mass is 293 g/mol. The highest BCUT2D eigenvalue weighted by atomic mass is 32.2. The van der Waals surface area contributed by atoms with Gasteiger partial charge in [0.15, 0.2) is 0 Å². The molecule has 1 N–H and O–H groups in total. The van der Waals surface area contributed by atoms with Gasteiger partial charge in [-0.2, -0.15) is 4.31 Å². The smallest absolute Gasteiger partial charge is 0.318 e. The van der Waals surface area contributed by atoms with E-state index in [1.165, 1.54) is 6.07 Å². The molecule has 0 unspecified atom stereocenters. The summed E-state index contributed by atoms with van der Waals surface area (Å²) in [6.45, 7) is 1.19. The van der Waals surface area contributed by atoms with Crippen molar-refractivity contribution >= 4 is 26.8 Å². The van der Waals surface area contributed by atoms with Crippen molar-refractivity contribution in [2.24, 2.45) is 0 Å². The second-order valence-corrected chi connectivity index (χ2v) is 6.27. The number of hydrogen-bond donors (Lipinski definition) is 1. The van der Waals surface area contributed by atoms with Crippen molar-refractivity contribution < 1.29 is 18.3 Å². The molecule has 2 rings (SSSR count). The van der Waals surface area contributed by atoms with E-state index in [0.717, 1.165) is 15.1 Å². The number of fused-ring (bicyclic) bond motifs is 1. The Hall–Kier alpha value is -1.92. The van der Waals surface area contributed by atoms with Gasteiger partial charge in [-0.25, -0.2) is 8.42 Å². The van der Waals surface area contributed by atoms with Crippen LogP contribution in [0.3, 0.4) is 0 Å². The first-order valence-electron chi connectivity index (χ1n) is 6.16. The highest BCUT2D eigenvalue weighted by Gasteiger charge is 2.25. The summed E-state index contributed by atoms with van der Waals surface area (Å²) in [5.41, 5.74) is 0. The molecular formula is C14H15NO4S. The van der Waals surface area contributed by atoms with Gasteiger partial charge in [0, 0.05) is 6.54 Å². The third-order valence-electron chi connectivity index (χ3n) is 3.02. The molecule has 106 valence electrons. The first-order valence-corrected chi connectivity index (χ1v) is 7.60. The Bertz CT molecular complexity index is 740. The van der Waals surface area contributed by atoms with E-state index in [4.69, 9.17) is 5.11 Å². The van der Waals surface area contributed by atoms with Crippen LogP contribution in [0.5, 0.6) is 0 Å². The van der Waals surface area contributed by atoms with Crippen LogP contribution >= 0.6 is 0 Å². The number of aliphatic carboxylic acids is 1. The van der Waals surface area contributed by atoms with Crippen LogP contribution in [0.1, 0.15) is 6.92 Å². The maximum atomic E-state index is 12.4. The van der Waals surface area contributed by atoms with Crippen molar-refractivity contribution in [2.45, 2.75) is 11.8 Å². The van der Waals surface area contributed by atoms with Crippen LogP contribution in [0.4, 0.5) is 0 Å². The number of carboxylic acids is 1. The lowest BCUT2D eigenvalue weighted by atomic mass is 10.1. The van der Waals surface area contributed by atoms with Crippen molar-refractivity contribution in [3.8, 4) is 0 Å². The maximum absolute atomic E-state index is 12.4. The van der Waals surface area contributed by atoms with E-state index in [0.29, 0.717) is 0 Å². The lowest BCUT2D eigenvalue weighted by Gasteiger charge is -2.18. The number of nitrogens with zero attached hydrogens (tertiary/aromatic N) is 1. The fourth-order valence-electron chi connectivity index (χ4n) is 1.99. The van der Waals surface area contributed by atoms with Crippen LogP contribution in [0, 0.1) is 0 Å². The SMILES string of the molecule is CCN(CC(=O)O)S(=O)(=O)c1ccc2ccccc2c1. The van der Waals surface area contributed by atoms with Crippen LogP contribution in [0.15, 0.2) is 47.4 Å². The molecule has 0 aliphatic rings. The zero-order valence-electron chi connectivity index (χ0n) is 11.0. The summed E-state index contributed by atoms with van der Waals surface area (Å²) in [4.78, 5) is 10.9. The van der Waals surface area contributed by atoms with Gasteiger partial charge in [0.05, 0.1) is 4.90 Å². The third kappa shape index (κ3) is 2.81. The van der Waals surface area contributed by atoms with E-state index in [2.05, 4.69) is 0 Å². The van der Waals surface area contributed by atoms with Crippen molar-refractivity contribution in [2.75, 3.05) is 13.1 Å². The quantitative estimate of drug-likeness (QED) is 0.914. The zero-order valence-corrected chi connectivity index (χ0v) is 11.8. The van der Waals surface area contributed by atoms with Gasteiger partial charge in [-0.15, -0.1) is 0 Å². The maximum Gasteiger partial charge on any atom is 0.318 e. The highest BCUT2D eigenvalue weighted by Crippen LogP contribution is 2.21. The van der Waals surface area contributed by atoms with E-state index >= 15 is 0 Å². The molecule has 0 aliphatic heterocycles. The average molecular weight is 293 g/mol. The molecule has 0 aromatic heterocycles. The molecule has 0 aliphatic carbocycles. The second-order valence-electron chi connectivity index (χ2n) is 4.33. The van der Waals surface area contributed by atoms with Gasteiger partial charge < -0.3 is 5.11 Å². The molecule has 0 bridgehead atoms. The number of hydrogen-bond acceptors (Lipinski definition) is 3. The Labute approximate surface area is 117 Å². The second kappa shape index (κ2) is 5.60. The number of likely N-dealkylation sites (N-methyl/N-ethyl adjacent to an activating group) is 1. The summed E-state index contributed by atoms with van der Waals surface area (Å²) in [6.07, 6.45) is 0. The van der Waals surface area contributed by atoms with Gasteiger partial charge in [0.1, 0.15) is 6.54 Å². The number of sulfonamides is 1. The fourth-order valence-corrected chi connectivity index (χ4v) is 3.43. The Morgan fingerprint density at radius 1 is 1.15 bits per heavy atom. The minimum atomic E-state index is -3.79. The van der Waals surface area contributed by atoms with Gasteiger partial charge in [0.2, 0.25) is 10.0 Å². The van der Waals surface area contributed by atoms with Gasteiger partial charge in [-0.1, -0.05) is 37.3 Å². The van der Waals surface area contributed by atoms with Crippen LogP contribution in [0.2, 0.25) is 0 Å². The minimum Gasteiger partial charge on any atom is -0.480 e. The Morgan fingerprint density at radius 3 is 2.40 bits per heavy atom. The molecule has 0 heterocycles. The largest absolute Gasteiger partial charge is 0.480 e. The summed E-state index contributed by atoms with van der Waals surface area (Å²) in [7, 11) is -3.79. The number of rotatable bonds is 5. The first-order chi connectivity index (χ1) is 9.45. The van der Waals surface area contributed by atoms with Crippen LogP contribution in [-0.2, 0) is 14.8 Å². The predicted molar refractivity (Wildman–Crippen MR) is 76.0 cm³/mol. The number of carbonyl (C=O) groups is 1.